The van der Waals surface area contributed by atoms with Gasteiger partial charge in [0.2, 0.25) is 5.91 Å². The summed E-state index contributed by atoms with van der Waals surface area (Å²) >= 11 is 0. The fourth-order valence-corrected chi connectivity index (χ4v) is 4.38. The molecular weight excluding hydrogens is 434 g/mol. The summed E-state index contributed by atoms with van der Waals surface area (Å²) in [5.74, 6) is 0.0184. The van der Waals surface area contributed by atoms with Crippen LogP contribution in [-0.2, 0) is 14.3 Å². The number of ether oxygens (including phenoxy) is 1. The number of carbonyl (C=O) groups is 3. The minimum absolute atomic E-state index is 0.0144. The van der Waals surface area contributed by atoms with E-state index in [2.05, 4.69) is 5.32 Å². The average Bonchev–Trinajstić information content (AvgIpc) is 3.59. The highest BCUT2D eigenvalue weighted by molar-refractivity contribution is 5.95. The van der Waals surface area contributed by atoms with Gasteiger partial charge < -0.3 is 25.0 Å². The van der Waals surface area contributed by atoms with Crippen molar-refractivity contribution < 1.29 is 24.2 Å². The molecule has 8 nitrogen and oxygen atoms in total. The number of nitrogens with one attached hydrogen (secondary N) is 1. The number of amides is 3. The molecule has 1 aliphatic carbocycles. The minimum Gasteiger partial charge on any atom is -0.381 e. The van der Waals surface area contributed by atoms with Gasteiger partial charge in [-0.25, -0.2) is 0 Å². The Hall–Kier alpha value is -3.23. The second-order valence-electron chi connectivity index (χ2n) is 9.43. The molecule has 178 valence electrons. The highest BCUT2D eigenvalue weighted by atomic mass is 16.5. The van der Waals surface area contributed by atoms with E-state index in [1.165, 1.54) is 0 Å². The molecule has 3 amide bonds. The number of hydrogen-bond donors (Lipinski definition) is 2. The van der Waals surface area contributed by atoms with Gasteiger partial charge in [-0.05, 0) is 48.2 Å². The third kappa shape index (κ3) is 4.83. The molecule has 0 bridgehead atoms. The van der Waals surface area contributed by atoms with Crippen LogP contribution in [0.4, 0.5) is 5.69 Å². The van der Waals surface area contributed by atoms with Gasteiger partial charge in [-0.1, -0.05) is 24.3 Å². The van der Waals surface area contributed by atoms with Gasteiger partial charge in [0.15, 0.2) is 0 Å². The molecule has 5 rings (SSSR count). The van der Waals surface area contributed by atoms with Crippen LogP contribution in [0.5, 0.6) is 0 Å². The van der Waals surface area contributed by atoms with Gasteiger partial charge in [0.05, 0.1) is 13.2 Å². The molecule has 1 saturated carbocycles. The maximum Gasteiger partial charge on any atom is 0.254 e. The summed E-state index contributed by atoms with van der Waals surface area (Å²) < 4.78 is 5.12. The van der Waals surface area contributed by atoms with E-state index in [9.17, 15) is 19.5 Å². The average molecular weight is 464 g/mol. The van der Waals surface area contributed by atoms with Crippen LogP contribution in [0.3, 0.4) is 0 Å². The smallest absolute Gasteiger partial charge is 0.254 e. The summed E-state index contributed by atoms with van der Waals surface area (Å²) in [6, 6.07) is 15.1. The van der Waals surface area contributed by atoms with Gasteiger partial charge in [0, 0.05) is 49.8 Å². The SMILES string of the molecule is O=C(CC1COC1)Nc1cccc(-c2ccc(C(=O)N3CCN(C(=O)C4(O)CC4)CC3)cc2)c1. The van der Waals surface area contributed by atoms with Gasteiger partial charge in [-0.3, -0.25) is 14.4 Å². The minimum atomic E-state index is -1.16. The fraction of sp³-hybridized carbons (Fsp3) is 0.423. The fourth-order valence-electron chi connectivity index (χ4n) is 4.38. The van der Waals surface area contributed by atoms with Crippen molar-refractivity contribution in [2.75, 3.05) is 44.7 Å². The largest absolute Gasteiger partial charge is 0.381 e. The zero-order valence-corrected chi connectivity index (χ0v) is 19.0. The van der Waals surface area contributed by atoms with Gasteiger partial charge >= 0.3 is 0 Å². The Morgan fingerprint density at radius 2 is 1.62 bits per heavy atom. The van der Waals surface area contributed by atoms with Crippen molar-refractivity contribution in [3.8, 4) is 11.1 Å². The third-order valence-electron chi connectivity index (χ3n) is 6.77. The standard InChI is InChI=1S/C26H29N3O5/c30-23(14-18-16-34-17-18)27-22-3-1-2-21(15-22)19-4-6-20(7-5-19)24(31)28-10-12-29(13-11-28)25(32)26(33)8-9-26/h1-7,15,18,33H,8-14,16-17H2,(H,27,30). The number of piperazine rings is 1. The normalized spacial score (nSPS) is 19.3. The van der Waals surface area contributed by atoms with Crippen LogP contribution in [0.15, 0.2) is 48.5 Å². The van der Waals surface area contributed by atoms with Crippen molar-refractivity contribution in [1.82, 2.24) is 9.80 Å². The summed E-state index contributed by atoms with van der Waals surface area (Å²) in [5, 5.41) is 13.0. The Balaban J connectivity index is 1.18. The number of anilines is 1. The van der Waals surface area contributed by atoms with Crippen LogP contribution < -0.4 is 5.32 Å². The Kier molecular flexibility index (Phi) is 6.10. The van der Waals surface area contributed by atoms with Crippen LogP contribution in [0.25, 0.3) is 11.1 Å². The molecule has 0 radical (unpaired) electrons. The number of carbonyl (C=O) groups excluding carboxylic acids is 3. The van der Waals surface area contributed by atoms with Crippen molar-refractivity contribution in [3.05, 3.63) is 54.1 Å². The number of benzene rings is 2. The van der Waals surface area contributed by atoms with Crippen molar-refractivity contribution in [1.29, 1.82) is 0 Å². The van der Waals surface area contributed by atoms with Crippen molar-refractivity contribution in [2.45, 2.75) is 24.9 Å². The van der Waals surface area contributed by atoms with Gasteiger partial charge in [-0.15, -0.1) is 0 Å². The molecule has 3 aliphatic rings. The monoisotopic (exact) mass is 463 g/mol. The van der Waals surface area contributed by atoms with Gasteiger partial charge in [-0.2, -0.15) is 0 Å². The molecule has 2 aromatic carbocycles. The molecule has 3 fully saturated rings. The van der Waals surface area contributed by atoms with Gasteiger partial charge in [0.1, 0.15) is 5.60 Å². The number of nitrogens with zero attached hydrogens (tertiary/aromatic N) is 2. The Morgan fingerprint density at radius 1 is 0.941 bits per heavy atom. The predicted molar refractivity (Wildman–Crippen MR) is 126 cm³/mol. The lowest BCUT2D eigenvalue weighted by Gasteiger charge is -2.35. The first-order valence-corrected chi connectivity index (χ1v) is 11.8. The first-order chi connectivity index (χ1) is 16.4. The maximum atomic E-state index is 12.9. The quantitative estimate of drug-likeness (QED) is 0.684. The van der Waals surface area contributed by atoms with E-state index >= 15 is 0 Å². The van der Waals surface area contributed by atoms with Crippen molar-refractivity contribution in [3.63, 3.8) is 0 Å². The maximum absolute atomic E-state index is 12.9. The van der Waals surface area contributed by atoms with Crippen LogP contribution in [0.1, 0.15) is 29.6 Å². The van der Waals surface area contributed by atoms with E-state index in [-0.39, 0.29) is 17.7 Å². The number of hydrogen-bond acceptors (Lipinski definition) is 5. The van der Waals surface area contributed by atoms with E-state index in [1.54, 1.807) is 9.80 Å². The van der Waals surface area contributed by atoms with Crippen LogP contribution in [0.2, 0.25) is 0 Å². The molecule has 34 heavy (non-hydrogen) atoms. The molecule has 0 aromatic heterocycles. The summed E-state index contributed by atoms with van der Waals surface area (Å²) in [4.78, 5) is 40.8. The molecule has 0 atom stereocenters. The summed E-state index contributed by atoms with van der Waals surface area (Å²) in [5.41, 5.74) is 2.08. The second-order valence-corrected chi connectivity index (χ2v) is 9.43. The topological polar surface area (TPSA) is 99.2 Å². The second kappa shape index (κ2) is 9.19. The van der Waals surface area contributed by atoms with E-state index in [0.29, 0.717) is 70.1 Å². The van der Waals surface area contributed by atoms with Crippen LogP contribution in [-0.4, -0.2) is 77.6 Å². The molecule has 8 heteroatoms. The Morgan fingerprint density at radius 3 is 2.24 bits per heavy atom. The summed E-state index contributed by atoms with van der Waals surface area (Å²) in [6.45, 7) is 3.09. The van der Waals surface area contributed by atoms with Crippen LogP contribution >= 0.6 is 0 Å². The summed E-state index contributed by atoms with van der Waals surface area (Å²) in [7, 11) is 0. The lowest BCUT2D eigenvalue weighted by atomic mass is 10.0. The predicted octanol–water partition coefficient (Wildman–Crippen LogP) is 2.14. The van der Waals surface area contributed by atoms with Crippen molar-refractivity contribution in [2.24, 2.45) is 5.92 Å². The number of aliphatic hydroxyl groups is 1. The first-order valence-electron chi connectivity index (χ1n) is 11.8. The molecule has 0 unspecified atom stereocenters. The molecule has 2 saturated heterocycles. The van der Waals surface area contributed by atoms with Crippen molar-refractivity contribution >= 4 is 23.4 Å². The van der Waals surface area contributed by atoms with E-state index in [0.717, 1.165) is 16.8 Å². The molecule has 2 N–H and O–H groups in total. The van der Waals surface area contributed by atoms with E-state index < -0.39 is 5.60 Å². The lowest BCUT2D eigenvalue weighted by Crippen LogP contribution is -2.53. The summed E-state index contributed by atoms with van der Waals surface area (Å²) in [6.07, 6.45) is 1.52. The number of rotatable bonds is 6. The third-order valence-corrected chi connectivity index (χ3v) is 6.77. The Bertz CT molecular complexity index is 1080. The molecule has 0 spiro atoms. The zero-order chi connectivity index (χ0) is 23.7. The molecule has 2 aromatic rings. The van der Waals surface area contributed by atoms with Crippen LogP contribution in [0, 0.1) is 5.92 Å². The molecule has 2 heterocycles. The first kappa shape index (κ1) is 22.6. The molecule has 2 aliphatic heterocycles. The highest BCUT2D eigenvalue weighted by Gasteiger charge is 2.50. The van der Waals surface area contributed by atoms with E-state index in [1.807, 2.05) is 48.5 Å². The lowest BCUT2D eigenvalue weighted by molar-refractivity contribution is -0.143. The van der Waals surface area contributed by atoms with Gasteiger partial charge in [0.25, 0.3) is 11.8 Å². The zero-order valence-electron chi connectivity index (χ0n) is 19.0. The highest BCUT2D eigenvalue weighted by Crippen LogP contribution is 2.37. The van der Waals surface area contributed by atoms with E-state index in [4.69, 9.17) is 4.74 Å². The molecular formula is C26H29N3O5. The Labute approximate surface area is 198 Å².